The third kappa shape index (κ3) is 66.7. The van der Waals surface area contributed by atoms with Crippen LogP contribution in [0, 0.1) is 0 Å². The first kappa shape index (κ1) is 90.1. The van der Waals surface area contributed by atoms with Gasteiger partial charge in [-0.3, -0.25) is 37.3 Å². The van der Waals surface area contributed by atoms with Crippen LogP contribution in [-0.2, 0) is 65.4 Å². The van der Waals surface area contributed by atoms with E-state index in [1.807, 2.05) is 0 Å². The first-order valence-corrected chi connectivity index (χ1v) is 41.3. The molecule has 17 nitrogen and oxygen atoms in total. The Balaban J connectivity index is 5.23. The fourth-order valence-corrected chi connectivity index (χ4v) is 12.8. The minimum atomic E-state index is -4.95. The monoisotopic (exact) mass is 1350 g/mol. The predicted octanol–water partition coefficient (Wildman–Crippen LogP) is 21.4. The Hall–Kier alpha value is -1.94. The summed E-state index contributed by atoms with van der Waals surface area (Å²) in [4.78, 5) is 72.7. The number of ether oxygens (including phenoxy) is 4. The van der Waals surface area contributed by atoms with Crippen LogP contribution in [0.15, 0.2) is 0 Å². The largest absolute Gasteiger partial charge is 0.472 e. The van der Waals surface area contributed by atoms with Gasteiger partial charge in [-0.15, -0.1) is 0 Å². The molecule has 0 aromatic rings. The quantitative estimate of drug-likeness (QED) is 0.0222. The number of phosphoric ester groups is 2. The van der Waals surface area contributed by atoms with Gasteiger partial charge in [-0.05, 0) is 25.7 Å². The number of aliphatic hydroxyl groups is 1. The molecule has 0 spiro atoms. The number of hydrogen-bond donors (Lipinski definition) is 3. The second-order valence-electron chi connectivity index (χ2n) is 26.3. The van der Waals surface area contributed by atoms with Crippen LogP contribution in [0.5, 0.6) is 0 Å². The Labute approximate surface area is 562 Å². The van der Waals surface area contributed by atoms with Crippen molar-refractivity contribution in [1.82, 2.24) is 0 Å². The van der Waals surface area contributed by atoms with E-state index in [4.69, 9.17) is 37.0 Å². The summed E-state index contributed by atoms with van der Waals surface area (Å²) in [6.07, 6.45) is 56.7. The summed E-state index contributed by atoms with van der Waals surface area (Å²) in [6.45, 7) is 4.97. The lowest BCUT2D eigenvalue weighted by atomic mass is 10.0. The SMILES string of the molecule is CCCCCCCCCCCCCCCCCCCC(=O)O[C@H](COC(=O)CCCCCCCCCCCCCCC)COP(=O)(O)OC[C@@H](O)COP(=O)(O)OC[C@@H](COC(=O)CCCCCCCCCCCCC)OC(=O)CCCCCCCCCCCCC. The van der Waals surface area contributed by atoms with Crippen molar-refractivity contribution in [2.75, 3.05) is 39.6 Å². The zero-order valence-electron chi connectivity index (χ0n) is 59.5. The predicted molar refractivity (Wildman–Crippen MR) is 372 cm³/mol. The van der Waals surface area contributed by atoms with Gasteiger partial charge in [-0.2, -0.15) is 0 Å². The molecule has 0 heterocycles. The number of aliphatic hydroxyl groups excluding tert-OH is 1. The molecule has 0 fully saturated rings. The van der Waals surface area contributed by atoms with Crippen molar-refractivity contribution in [1.29, 1.82) is 0 Å². The molecule has 0 saturated heterocycles. The average Bonchev–Trinajstić information content (AvgIpc) is 2.49. The summed E-state index contributed by atoms with van der Waals surface area (Å²) >= 11 is 0. The van der Waals surface area contributed by atoms with E-state index >= 15 is 0 Å². The standard InChI is InChI=1S/C73H142O17P2/c1-5-9-13-17-21-25-29-31-32-33-34-36-40-44-48-52-56-60-73(78)90-69(64-84-71(76)58-54-50-46-42-39-35-30-26-22-18-14-10-6-2)66-88-92(81,82)86-62-67(74)61-85-91(79,80)87-65-68(89-72(77)59-55-51-47-43-38-28-24-20-16-12-8-4)63-83-70(75)57-53-49-45-41-37-27-23-19-15-11-7-3/h67-69,74H,5-66H2,1-4H3,(H,79,80)(H,81,82)/t67-,68+,69+/m0/s1. The average molecular weight is 1350 g/mol. The van der Waals surface area contributed by atoms with Crippen molar-refractivity contribution >= 4 is 39.5 Å². The van der Waals surface area contributed by atoms with Crippen molar-refractivity contribution in [3.05, 3.63) is 0 Å². The van der Waals surface area contributed by atoms with Crippen LogP contribution in [0.3, 0.4) is 0 Å². The summed E-state index contributed by atoms with van der Waals surface area (Å²) in [5, 5.41) is 10.6. The molecule has 0 rings (SSSR count). The van der Waals surface area contributed by atoms with E-state index in [0.717, 1.165) is 89.9 Å². The maximum Gasteiger partial charge on any atom is 0.472 e. The Morgan fingerprint density at radius 3 is 0.641 bits per heavy atom. The van der Waals surface area contributed by atoms with Gasteiger partial charge in [-0.1, -0.05) is 336 Å². The molecule has 0 aliphatic heterocycles. The minimum absolute atomic E-state index is 0.108. The maximum absolute atomic E-state index is 13.1. The highest BCUT2D eigenvalue weighted by Gasteiger charge is 2.30. The zero-order valence-corrected chi connectivity index (χ0v) is 61.3. The first-order chi connectivity index (χ1) is 44.7. The second kappa shape index (κ2) is 67.6. The Bertz CT molecular complexity index is 1760. The molecule has 0 radical (unpaired) electrons. The van der Waals surface area contributed by atoms with Crippen molar-refractivity contribution in [2.45, 2.75) is 406 Å². The fraction of sp³-hybridized carbons (Fsp3) is 0.945. The summed E-state index contributed by atoms with van der Waals surface area (Å²) in [5.41, 5.74) is 0. The van der Waals surface area contributed by atoms with Crippen molar-refractivity contribution in [2.24, 2.45) is 0 Å². The molecule has 0 aromatic carbocycles. The van der Waals surface area contributed by atoms with E-state index in [-0.39, 0.29) is 25.7 Å². The molecule has 546 valence electrons. The van der Waals surface area contributed by atoms with Gasteiger partial charge in [0.1, 0.15) is 19.3 Å². The number of carbonyl (C=O) groups excluding carboxylic acids is 4. The number of esters is 4. The van der Waals surface area contributed by atoms with Gasteiger partial charge in [0, 0.05) is 25.7 Å². The molecule has 3 N–H and O–H groups in total. The van der Waals surface area contributed by atoms with E-state index in [2.05, 4.69) is 27.7 Å². The van der Waals surface area contributed by atoms with Crippen LogP contribution >= 0.6 is 15.6 Å². The third-order valence-electron chi connectivity index (χ3n) is 17.1. The van der Waals surface area contributed by atoms with Gasteiger partial charge in [0.05, 0.1) is 26.4 Å². The van der Waals surface area contributed by atoms with Gasteiger partial charge < -0.3 is 33.8 Å². The maximum atomic E-state index is 13.1. The summed E-state index contributed by atoms with van der Waals surface area (Å²) < 4.78 is 68.4. The zero-order chi connectivity index (χ0) is 67.5. The van der Waals surface area contributed by atoms with Crippen LogP contribution in [0.2, 0.25) is 0 Å². The molecule has 0 aliphatic carbocycles. The molecular weight excluding hydrogens is 1210 g/mol. The van der Waals surface area contributed by atoms with Crippen LogP contribution in [-0.4, -0.2) is 96.7 Å². The van der Waals surface area contributed by atoms with E-state index in [1.54, 1.807) is 0 Å². The highest BCUT2D eigenvalue weighted by Crippen LogP contribution is 2.45. The molecule has 0 aromatic heterocycles. The number of phosphoric acid groups is 2. The highest BCUT2D eigenvalue weighted by molar-refractivity contribution is 7.47. The van der Waals surface area contributed by atoms with E-state index in [1.165, 1.54) is 218 Å². The summed E-state index contributed by atoms with van der Waals surface area (Å²) in [7, 11) is -9.90. The van der Waals surface area contributed by atoms with Gasteiger partial charge in [0.25, 0.3) is 0 Å². The van der Waals surface area contributed by atoms with E-state index < -0.39 is 97.5 Å². The van der Waals surface area contributed by atoms with Crippen LogP contribution in [0.4, 0.5) is 0 Å². The van der Waals surface area contributed by atoms with Crippen molar-refractivity contribution < 1.29 is 80.2 Å². The molecule has 0 bridgehead atoms. The molecule has 5 atom stereocenters. The molecule has 0 amide bonds. The summed E-state index contributed by atoms with van der Waals surface area (Å²) in [5.74, 6) is -2.11. The first-order valence-electron chi connectivity index (χ1n) is 38.3. The lowest BCUT2D eigenvalue weighted by Gasteiger charge is -2.21. The summed E-state index contributed by atoms with van der Waals surface area (Å²) in [6, 6.07) is 0. The lowest BCUT2D eigenvalue weighted by molar-refractivity contribution is -0.161. The Morgan fingerprint density at radius 1 is 0.261 bits per heavy atom. The minimum Gasteiger partial charge on any atom is -0.462 e. The lowest BCUT2D eigenvalue weighted by Crippen LogP contribution is -2.30. The molecular formula is C73H142O17P2. The molecule has 19 heteroatoms. The smallest absolute Gasteiger partial charge is 0.462 e. The molecule has 0 saturated carbocycles. The molecule has 0 aliphatic rings. The fourth-order valence-electron chi connectivity index (χ4n) is 11.2. The van der Waals surface area contributed by atoms with Gasteiger partial charge in [0.15, 0.2) is 12.2 Å². The third-order valence-corrected chi connectivity index (χ3v) is 19.0. The highest BCUT2D eigenvalue weighted by atomic mass is 31.2. The van der Waals surface area contributed by atoms with Gasteiger partial charge in [0.2, 0.25) is 0 Å². The normalized spacial score (nSPS) is 13.9. The van der Waals surface area contributed by atoms with Crippen LogP contribution in [0.1, 0.15) is 387 Å². The topological polar surface area (TPSA) is 237 Å². The Morgan fingerprint density at radius 2 is 0.435 bits per heavy atom. The molecule has 92 heavy (non-hydrogen) atoms. The number of carbonyl (C=O) groups is 4. The van der Waals surface area contributed by atoms with Crippen LogP contribution in [0.25, 0.3) is 0 Å². The molecule has 2 unspecified atom stereocenters. The number of hydrogen-bond acceptors (Lipinski definition) is 15. The van der Waals surface area contributed by atoms with E-state index in [0.29, 0.717) is 25.7 Å². The number of rotatable bonds is 74. The van der Waals surface area contributed by atoms with Gasteiger partial charge >= 0.3 is 39.5 Å². The Kier molecular flexibility index (Phi) is 66.2. The number of unbranched alkanes of at least 4 members (excludes halogenated alkanes) is 48. The van der Waals surface area contributed by atoms with Crippen LogP contribution < -0.4 is 0 Å². The van der Waals surface area contributed by atoms with Gasteiger partial charge in [-0.25, -0.2) is 9.13 Å². The second-order valence-corrected chi connectivity index (χ2v) is 29.2. The van der Waals surface area contributed by atoms with E-state index in [9.17, 15) is 43.2 Å². The van der Waals surface area contributed by atoms with Crippen molar-refractivity contribution in [3.63, 3.8) is 0 Å². The van der Waals surface area contributed by atoms with Crippen molar-refractivity contribution in [3.8, 4) is 0 Å².